The molecule has 0 spiro atoms. The van der Waals surface area contributed by atoms with Gasteiger partial charge in [-0.05, 0) is 25.7 Å². The van der Waals surface area contributed by atoms with E-state index in [0.717, 1.165) is 22.5 Å². The quantitative estimate of drug-likeness (QED) is 0.756. The van der Waals surface area contributed by atoms with Crippen LogP contribution in [0.2, 0.25) is 0 Å². The van der Waals surface area contributed by atoms with Crippen LogP contribution >= 0.6 is 11.3 Å². The number of ether oxygens (including phenoxy) is 1. The fraction of sp³-hybridized carbons (Fsp3) is 0.636. The monoisotopic (exact) mass is 240 g/mol. The molecular weight excluding hydrogens is 224 g/mol. The Balaban J connectivity index is 2.12. The Morgan fingerprint density at radius 3 is 2.88 bits per heavy atom. The Bertz CT molecular complexity index is 399. The predicted molar refractivity (Wildman–Crippen MR) is 64.2 cm³/mol. The highest BCUT2D eigenvalue weighted by Crippen LogP contribution is 2.32. The first kappa shape index (κ1) is 11.4. The number of aromatic nitrogens is 1. The predicted octanol–water partition coefficient (Wildman–Crippen LogP) is 2.08. The molecule has 0 atom stereocenters. The average molecular weight is 240 g/mol. The number of carbonyl (C=O) groups is 1. The summed E-state index contributed by atoms with van der Waals surface area (Å²) in [6, 6.07) is 0. The molecule has 1 aromatic rings. The lowest BCUT2D eigenvalue weighted by atomic mass is 10.4. The van der Waals surface area contributed by atoms with Crippen LogP contribution in [0.4, 0.5) is 5.13 Å². The minimum Gasteiger partial charge on any atom is -0.464 e. The van der Waals surface area contributed by atoms with E-state index in [1.165, 1.54) is 20.0 Å². The van der Waals surface area contributed by atoms with Gasteiger partial charge in [-0.2, -0.15) is 0 Å². The van der Waals surface area contributed by atoms with E-state index in [2.05, 4.69) is 9.88 Å². The summed E-state index contributed by atoms with van der Waals surface area (Å²) in [5, 5.41) is 0.907. The average Bonchev–Trinajstić information content (AvgIpc) is 2.98. The first-order chi connectivity index (χ1) is 7.61. The Kier molecular flexibility index (Phi) is 3.14. The molecule has 0 aliphatic heterocycles. The molecule has 0 unspecified atom stereocenters. The summed E-state index contributed by atoms with van der Waals surface area (Å²) in [6.45, 7) is 2.94. The van der Waals surface area contributed by atoms with Gasteiger partial charge in [-0.1, -0.05) is 0 Å². The van der Waals surface area contributed by atoms with Gasteiger partial charge in [0.25, 0.3) is 0 Å². The summed E-state index contributed by atoms with van der Waals surface area (Å²) >= 11 is 1.55. The van der Waals surface area contributed by atoms with E-state index in [9.17, 15) is 4.79 Å². The van der Waals surface area contributed by atoms with E-state index in [-0.39, 0.29) is 5.97 Å². The second-order valence-corrected chi connectivity index (χ2v) is 5.40. The fourth-order valence-electron chi connectivity index (χ4n) is 1.60. The van der Waals surface area contributed by atoms with Crippen molar-refractivity contribution in [3.05, 3.63) is 10.6 Å². The van der Waals surface area contributed by atoms with Gasteiger partial charge in [0, 0.05) is 18.5 Å². The van der Waals surface area contributed by atoms with Crippen molar-refractivity contribution in [1.82, 2.24) is 4.98 Å². The molecule has 4 nitrogen and oxygen atoms in total. The number of rotatable bonds is 4. The molecule has 0 aromatic carbocycles. The summed E-state index contributed by atoms with van der Waals surface area (Å²) in [5.74, 6) is 0.468. The molecule has 0 radical (unpaired) electrons. The summed E-state index contributed by atoms with van der Waals surface area (Å²) in [5.41, 5.74) is 0.449. The third-order valence-electron chi connectivity index (χ3n) is 2.72. The normalized spacial score (nSPS) is 14.9. The first-order valence-corrected chi connectivity index (χ1v) is 6.20. The molecule has 1 aromatic heterocycles. The molecule has 0 N–H and O–H groups in total. The summed E-state index contributed by atoms with van der Waals surface area (Å²) in [7, 11) is 3.41. The minimum atomic E-state index is -0.347. The van der Waals surface area contributed by atoms with Crippen LogP contribution in [-0.2, 0) is 4.74 Å². The molecule has 2 rings (SSSR count). The number of aryl methyl sites for hydroxylation is 1. The topological polar surface area (TPSA) is 42.4 Å². The van der Waals surface area contributed by atoms with Gasteiger partial charge in [-0.3, -0.25) is 0 Å². The summed E-state index contributed by atoms with van der Waals surface area (Å²) < 4.78 is 4.69. The molecule has 16 heavy (non-hydrogen) atoms. The molecule has 88 valence electrons. The zero-order valence-corrected chi connectivity index (χ0v) is 10.6. The van der Waals surface area contributed by atoms with E-state index >= 15 is 0 Å². The summed E-state index contributed by atoms with van der Waals surface area (Å²) in [4.78, 5) is 18.8. The summed E-state index contributed by atoms with van der Waals surface area (Å²) in [6.07, 6.45) is 2.64. The van der Waals surface area contributed by atoms with Crippen molar-refractivity contribution in [1.29, 1.82) is 0 Å². The van der Waals surface area contributed by atoms with Crippen molar-refractivity contribution < 1.29 is 9.53 Å². The number of hydrogen-bond donors (Lipinski definition) is 0. The van der Waals surface area contributed by atoms with Gasteiger partial charge in [-0.25, -0.2) is 9.78 Å². The Morgan fingerprint density at radius 2 is 2.31 bits per heavy atom. The van der Waals surface area contributed by atoms with Crippen molar-refractivity contribution in [3.63, 3.8) is 0 Å². The smallest absolute Gasteiger partial charge is 0.357 e. The lowest BCUT2D eigenvalue weighted by Crippen LogP contribution is -2.19. The third-order valence-corrected chi connectivity index (χ3v) is 3.80. The van der Waals surface area contributed by atoms with Crippen molar-refractivity contribution in [2.24, 2.45) is 5.92 Å². The molecule has 1 fully saturated rings. The van der Waals surface area contributed by atoms with Gasteiger partial charge in [0.2, 0.25) is 0 Å². The van der Waals surface area contributed by atoms with Gasteiger partial charge in [0.05, 0.1) is 7.11 Å². The third kappa shape index (κ3) is 2.35. The number of esters is 1. The largest absolute Gasteiger partial charge is 0.464 e. The van der Waals surface area contributed by atoms with Gasteiger partial charge in [0.15, 0.2) is 10.8 Å². The minimum absolute atomic E-state index is 0.347. The molecule has 1 aliphatic carbocycles. The van der Waals surface area contributed by atoms with Crippen LogP contribution in [0.25, 0.3) is 0 Å². The van der Waals surface area contributed by atoms with Crippen LogP contribution in [0.1, 0.15) is 28.2 Å². The molecule has 0 amide bonds. The highest BCUT2D eigenvalue weighted by atomic mass is 32.1. The maximum atomic E-state index is 11.4. The van der Waals surface area contributed by atoms with E-state index < -0.39 is 0 Å². The molecule has 1 aliphatic rings. The van der Waals surface area contributed by atoms with Gasteiger partial charge in [0.1, 0.15) is 0 Å². The number of methoxy groups -OCH3 is 1. The van der Waals surface area contributed by atoms with E-state index in [1.807, 2.05) is 14.0 Å². The van der Waals surface area contributed by atoms with E-state index in [1.54, 1.807) is 11.3 Å². The first-order valence-electron chi connectivity index (χ1n) is 5.38. The zero-order valence-electron chi connectivity index (χ0n) is 9.82. The van der Waals surface area contributed by atoms with Crippen LogP contribution in [-0.4, -0.2) is 31.7 Å². The number of thiazole rings is 1. The molecule has 1 saturated carbocycles. The number of hydrogen-bond acceptors (Lipinski definition) is 5. The maximum absolute atomic E-state index is 11.4. The highest BCUT2D eigenvalue weighted by Gasteiger charge is 2.25. The fourth-order valence-corrected chi connectivity index (χ4v) is 2.46. The van der Waals surface area contributed by atoms with Gasteiger partial charge < -0.3 is 9.64 Å². The van der Waals surface area contributed by atoms with E-state index in [0.29, 0.717) is 5.69 Å². The van der Waals surface area contributed by atoms with Crippen LogP contribution in [0.3, 0.4) is 0 Å². The second kappa shape index (κ2) is 4.41. The van der Waals surface area contributed by atoms with Crippen molar-refractivity contribution >= 4 is 22.4 Å². The molecule has 5 heteroatoms. The molecular formula is C11H16N2O2S. The lowest BCUT2D eigenvalue weighted by molar-refractivity contribution is 0.0594. The molecule has 0 saturated heterocycles. The van der Waals surface area contributed by atoms with Crippen LogP contribution in [0.15, 0.2) is 0 Å². The standard InChI is InChI=1S/C11H16N2O2S/c1-7-9(10(14)15-3)12-11(16-7)13(2)6-8-4-5-8/h8H,4-6H2,1-3H3. The van der Waals surface area contributed by atoms with Crippen molar-refractivity contribution in [3.8, 4) is 0 Å². The highest BCUT2D eigenvalue weighted by molar-refractivity contribution is 7.15. The Morgan fingerprint density at radius 1 is 1.62 bits per heavy atom. The van der Waals surface area contributed by atoms with Gasteiger partial charge >= 0.3 is 5.97 Å². The number of nitrogens with zero attached hydrogens (tertiary/aromatic N) is 2. The number of anilines is 1. The second-order valence-electron chi connectivity index (χ2n) is 4.22. The SMILES string of the molecule is COC(=O)c1nc(N(C)CC2CC2)sc1C. The van der Waals surface area contributed by atoms with Crippen molar-refractivity contribution in [2.75, 3.05) is 25.6 Å². The molecule has 1 heterocycles. The maximum Gasteiger partial charge on any atom is 0.357 e. The number of carbonyl (C=O) groups excluding carboxylic acids is 1. The van der Waals surface area contributed by atoms with Crippen LogP contribution < -0.4 is 4.90 Å². The Hall–Kier alpha value is -1.10. The van der Waals surface area contributed by atoms with Gasteiger partial charge in [-0.15, -0.1) is 11.3 Å². The van der Waals surface area contributed by atoms with Crippen LogP contribution in [0, 0.1) is 12.8 Å². The Labute approximate surface area is 99.2 Å². The lowest BCUT2D eigenvalue weighted by Gasteiger charge is -2.14. The molecule has 0 bridgehead atoms. The van der Waals surface area contributed by atoms with Crippen LogP contribution in [0.5, 0.6) is 0 Å². The van der Waals surface area contributed by atoms with Crippen molar-refractivity contribution in [2.45, 2.75) is 19.8 Å². The van der Waals surface area contributed by atoms with E-state index in [4.69, 9.17) is 4.74 Å². The zero-order chi connectivity index (χ0) is 11.7.